The van der Waals surface area contributed by atoms with Crippen LogP contribution in [0.15, 0.2) is 0 Å². The van der Waals surface area contributed by atoms with E-state index in [0.29, 0.717) is 19.6 Å². The Labute approximate surface area is 77.7 Å². The van der Waals surface area contributed by atoms with Gasteiger partial charge in [-0.2, -0.15) is 0 Å². The molecule has 1 aliphatic rings. The Morgan fingerprint density at radius 3 is 3.00 bits per heavy atom. The number of nitrogens with one attached hydrogen (secondary N) is 1. The highest BCUT2D eigenvalue weighted by Gasteiger charge is 2.23. The van der Waals surface area contributed by atoms with Crippen LogP contribution >= 0.6 is 0 Å². The molecule has 2 unspecified atom stereocenters. The van der Waals surface area contributed by atoms with E-state index in [9.17, 15) is 4.79 Å². The second-order valence-corrected chi connectivity index (χ2v) is 3.48. The fraction of sp³-hybridized carbons (Fsp3) is 0.875. The Kier molecular flexibility index (Phi) is 3.50. The average molecular weight is 188 g/mol. The molecule has 1 saturated heterocycles. The van der Waals surface area contributed by atoms with Crippen LogP contribution in [0.4, 0.5) is 4.79 Å². The van der Waals surface area contributed by atoms with Crippen molar-refractivity contribution in [2.75, 3.05) is 26.7 Å². The fourth-order valence-electron chi connectivity index (χ4n) is 1.41. The van der Waals surface area contributed by atoms with Gasteiger partial charge in [0.2, 0.25) is 0 Å². The van der Waals surface area contributed by atoms with Crippen molar-refractivity contribution in [3.8, 4) is 0 Å². The lowest BCUT2D eigenvalue weighted by Crippen LogP contribution is -2.35. The number of rotatable bonds is 4. The number of likely N-dealkylation sites (N-methyl/N-ethyl adjacent to an activating group) is 1. The number of hydrogen-bond donors (Lipinski definition) is 2. The molecule has 1 aliphatic heterocycles. The van der Waals surface area contributed by atoms with Crippen LogP contribution in [-0.2, 0) is 4.74 Å². The van der Waals surface area contributed by atoms with Crippen LogP contribution in [0.2, 0.25) is 0 Å². The molecule has 0 aromatic carbocycles. The average Bonchev–Trinajstić information content (AvgIpc) is 2.33. The van der Waals surface area contributed by atoms with Crippen LogP contribution < -0.4 is 5.32 Å². The second-order valence-electron chi connectivity index (χ2n) is 3.48. The van der Waals surface area contributed by atoms with Gasteiger partial charge in [0.1, 0.15) is 6.10 Å². The van der Waals surface area contributed by atoms with Crippen molar-refractivity contribution in [1.29, 1.82) is 0 Å². The van der Waals surface area contributed by atoms with Gasteiger partial charge in [0.05, 0.1) is 12.6 Å². The predicted octanol–water partition coefficient (Wildman–Crippen LogP) is -0.593. The molecule has 76 valence electrons. The van der Waals surface area contributed by atoms with E-state index in [1.54, 1.807) is 6.92 Å². The zero-order chi connectivity index (χ0) is 9.84. The largest absolute Gasteiger partial charge is 0.443 e. The Balaban J connectivity index is 2.20. The summed E-state index contributed by atoms with van der Waals surface area (Å²) in [5.74, 6) is 0. The van der Waals surface area contributed by atoms with Gasteiger partial charge in [0.15, 0.2) is 0 Å². The SMILES string of the molecule is CC(O)CN(C)CC1CNC(=O)O1. The van der Waals surface area contributed by atoms with Gasteiger partial charge in [-0.3, -0.25) is 0 Å². The number of amides is 1. The van der Waals surface area contributed by atoms with E-state index >= 15 is 0 Å². The van der Waals surface area contributed by atoms with E-state index < -0.39 is 0 Å². The summed E-state index contributed by atoms with van der Waals surface area (Å²) >= 11 is 0. The monoisotopic (exact) mass is 188 g/mol. The van der Waals surface area contributed by atoms with Gasteiger partial charge in [-0.1, -0.05) is 0 Å². The molecule has 5 heteroatoms. The Hall–Kier alpha value is -0.810. The number of cyclic esters (lactones) is 1. The number of carbonyl (C=O) groups is 1. The minimum atomic E-state index is -0.352. The molecule has 0 aromatic heterocycles. The van der Waals surface area contributed by atoms with Crippen molar-refractivity contribution in [2.45, 2.75) is 19.1 Å². The lowest BCUT2D eigenvalue weighted by Gasteiger charge is -2.20. The van der Waals surface area contributed by atoms with Crippen LogP contribution in [0.25, 0.3) is 0 Å². The third-order valence-electron chi connectivity index (χ3n) is 1.84. The summed E-state index contributed by atoms with van der Waals surface area (Å²) in [7, 11) is 1.89. The Bertz CT molecular complexity index is 184. The molecule has 2 N–H and O–H groups in total. The standard InChI is InChI=1S/C8H16N2O3/c1-6(11)4-10(2)5-7-3-9-8(12)13-7/h6-7,11H,3-5H2,1-2H3,(H,9,12). The van der Waals surface area contributed by atoms with Crippen molar-refractivity contribution in [1.82, 2.24) is 10.2 Å². The van der Waals surface area contributed by atoms with Crippen molar-refractivity contribution in [2.24, 2.45) is 0 Å². The van der Waals surface area contributed by atoms with E-state index in [2.05, 4.69) is 5.32 Å². The number of alkyl carbamates (subject to hydrolysis) is 1. The van der Waals surface area contributed by atoms with Crippen LogP contribution in [0.3, 0.4) is 0 Å². The minimum absolute atomic E-state index is 0.0868. The summed E-state index contributed by atoms with van der Waals surface area (Å²) in [5, 5.41) is 11.7. The number of hydrogen-bond acceptors (Lipinski definition) is 4. The molecule has 0 spiro atoms. The first-order valence-electron chi connectivity index (χ1n) is 4.39. The first-order chi connectivity index (χ1) is 6.08. The smallest absolute Gasteiger partial charge is 0.407 e. The number of ether oxygens (including phenoxy) is 1. The Morgan fingerprint density at radius 2 is 2.54 bits per heavy atom. The normalized spacial score (nSPS) is 24.3. The molecule has 0 saturated carbocycles. The lowest BCUT2D eigenvalue weighted by atomic mass is 10.3. The van der Waals surface area contributed by atoms with Crippen LogP contribution in [-0.4, -0.2) is 55.0 Å². The third-order valence-corrected chi connectivity index (χ3v) is 1.84. The summed E-state index contributed by atoms with van der Waals surface area (Å²) in [6.45, 7) is 3.54. The molecule has 1 rings (SSSR count). The van der Waals surface area contributed by atoms with E-state index in [4.69, 9.17) is 9.84 Å². The van der Waals surface area contributed by atoms with Gasteiger partial charge in [0, 0.05) is 13.1 Å². The first-order valence-corrected chi connectivity index (χ1v) is 4.39. The van der Waals surface area contributed by atoms with Gasteiger partial charge in [0.25, 0.3) is 0 Å². The molecular formula is C8H16N2O3. The maximum Gasteiger partial charge on any atom is 0.407 e. The number of carbonyl (C=O) groups excluding carboxylic acids is 1. The molecule has 0 aromatic rings. The number of aliphatic hydroxyl groups excluding tert-OH is 1. The van der Waals surface area contributed by atoms with Crippen molar-refractivity contribution >= 4 is 6.09 Å². The summed E-state index contributed by atoms with van der Waals surface area (Å²) < 4.78 is 4.94. The van der Waals surface area contributed by atoms with Gasteiger partial charge in [-0.25, -0.2) is 4.79 Å². The fourth-order valence-corrected chi connectivity index (χ4v) is 1.41. The van der Waals surface area contributed by atoms with Gasteiger partial charge >= 0.3 is 6.09 Å². The molecule has 13 heavy (non-hydrogen) atoms. The van der Waals surface area contributed by atoms with Crippen molar-refractivity contribution in [3.63, 3.8) is 0 Å². The van der Waals surface area contributed by atoms with Gasteiger partial charge in [-0.15, -0.1) is 0 Å². The van der Waals surface area contributed by atoms with E-state index in [0.717, 1.165) is 0 Å². The van der Waals surface area contributed by atoms with Crippen LogP contribution in [0, 0.1) is 0 Å². The molecule has 2 atom stereocenters. The molecule has 0 radical (unpaired) electrons. The molecule has 1 heterocycles. The first kappa shape index (κ1) is 10.3. The second kappa shape index (κ2) is 4.43. The van der Waals surface area contributed by atoms with E-state index in [1.165, 1.54) is 0 Å². The van der Waals surface area contributed by atoms with Crippen LogP contribution in [0.5, 0.6) is 0 Å². The number of aliphatic hydroxyl groups is 1. The maximum absolute atomic E-state index is 10.7. The van der Waals surface area contributed by atoms with E-state index in [-0.39, 0.29) is 18.3 Å². The van der Waals surface area contributed by atoms with Gasteiger partial charge in [-0.05, 0) is 14.0 Å². The van der Waals surface area contributed by atoms with Crippen LogP contribution in [0.1, 0.15) is 6.92 Å². The topological polar surface area (TPSA) is 61.8 Å². The number of nitrogens with zero attached hydrogens (tertiary/aromatic N) is 1. The summed E-state index contributed by atoms with van der Waals surface area (Å²) in [6, 6.07) is 0. The lowest BCUT2D eigenvalue weighted by molar-refractivity contribution is 0.0923. The maximum atomic E-state index is 10.7. The van der Waals surface area contributed by atoms with Gasteiger partial charge < -0.3 is 20.1 Å². The van der Waals surface area contributed by atoms with Crippen molar-refractivity contribution in [3.05, 3.63) is 0 Å². The minimum Gasteiger partial charge on any atom is -0.443 e. The predicted molar refractivity (Wildman–Crippen MR) is 47.4 cm³/mol. The summed E-state index contributed by atoms with van der Waals surface area (Å²) in [5.41, 5.74) is 0. The quantitative estimate of drug-likeness (QED) is 0.619. The highest BCUT2D eigenvalue weighted by Crippen LogP contribution is 2.02. The highest BCUT2D eigenvalue weighted by atomic mass is 16.6. The summed E-state index contributed by atoms with van der Waals surface area (Å²) in [6.07, 6.45) is -0.790. The molecule has 1 fully saturated rings. The third kappa shape index (κ3) is 3.61. The summed E-state index contributed by atoms with van der Waals surface area (Å²) in [4.78, 5) is 12.6. The Morgan fingerprint density at radius 1 is 1.85 bits per heavy atom. The molecule has 0 aliphatic carbocycles. The van der Waals surface area contributed by atoms with Crippen molar-refractivity contribution < 1.29 is 14.6 Å². The molecule has 5 nitrogen and oxygen atoms in total. The van der Waals surface area contributed by atoms with E-state index in [1.807, 2.05) is 11.9 Å². The molecular weight excluding hydrogens is 172 g/mol. The molecule has 1 amide bonds. The zero-order valence-corrected chi connectivity index (χ0v) is 7.99. The highest BCUT2D eigenvalue weighted by molar-refractivity contribution is 5.69. The zero-order valence-electron chi connectivity index (χ0n) is 7.99. The molecule has 0 bridgehead atoms.